The fourth-order valence-corrected chi connectivity index (χ4v) is 5.41. The second kappa shape index (κ2) is 11.1. The van der Waals surface area contributed by atoms with Gasteiger partial charge in [0.1, 0.15) is 24.0 Å². The quantitative estimate of drug-likeness (QED) is 0.289. The molecule has 2 aliphatic rings. The predicted molar refractivity (Wildman–Crippen MR) is 150 cm³/mol. The van der Waals surface area contributed by atoms with Crippen LogP contribution in [-0.4, -0.2) is 54.4 Å². The molecule has 9 nitrogen and oxygen atoms in total. The van der Waals surface area contributed by atoms with Crippen molar-refractivity contribution in [2.75, 3.05) is 27.4 Å². The third-order valence-corrected chi connectivity index (χ3v) is 7.55. The average molecular weight is 549 g/mol. The van der Waals surface area contributed by atoms with Crippen LogP contribution in [0.15, 0.2) is 69.6 Å². The summed E-state index contributed by atoms with van der Waals surface area (Å²) in [6.07, 6.45) is 1.57. The van der Waals surface area contributed by atoms with Crippen LogP contribution in [0.5, 0.6) is 23.0 Å². The summed E-state index contributed by atoms with van der Waals surface area (Å²) in [7, 11) is 3.04. The molecule has 0 unspecified atom stereocenters. The van der Waals surface area contributed by atoms with Crippen LogP contribution < -0.4 is 18.9 Å². The van der Waals surface area contributed by atoms with Crippen molar-refractivity contribution in [1.29, 1.82) is 5.41 Å². The normalized spacial score (nSPS) is 15.8. The number of carbonyl (C=O) groups excluding carboxylic acids is 1. The molecule has 0 saturated carbocycles. The van der Waals surface area contributed by atoms with E-state index in [0.29, 0.717) is 39.6 Å². The van der Waals surface area contributed by atoms with Gasteiger partial charge in [-0.05, 0) is 66.0 Å². The lowest BCUT2D eigenvalue weighted by atomic mass is 10.1. The minimum Gasteiger partial charge on any atom is -0.493 e. The van der Waals surface area contributed by atoms with Gasteiger partial charge in [0.25, 0.3) is 5.91 Å². The first-order chi connectivity index (χ1) is 18.5. The molecule has 0 aliphatic carbocycles. The van der Waals surface area contributed by atoms with E-state index >= 15 is 0 Å². The van der Waals surface area contributed by atoms with Crippen LogP contribution in [0.2, 0.25) is 0 Å². The van der Waals surface area contributed by atoms with E-state index in [1.54, 1.807) is 18.2 Å². The molecule has 0 fully saturated rings. The number of amides is 1. The van der Waals surface area contributed by atoms with Crippen molar-refractivity contribution >= 4 is 51.1 Å². The maximum absolute atomic E-state index is 12.8. The molecule has 38 heavy (non-hydrogen) atoms. The molecular formula is C27H24N4O5S2. The van der Waals surface area contributed by atoms with Gasteiger partial charge < -0.3 is 18.9 Å². The number of thioether (sulfide) groups is 1. The number of aliphatic imine (C=N–C) groups is 1. The van der Waals surface area contributed by atoms with Gasteiger partial charge in [0.2, 0.25) is 10.9 Å². The van der Waals surface area contributed by atoms with Gasteiger partial charge in [-0.1, -0.05) is 23.8 Å². The molecule has 11 heteroatoms. The van der Waals surface area contributed by atoms with Crippen molar-refractivity contribution in [2.45, 2.75) is 6.92 Å². The van der Waals surface area contributed by atoms with Gasteiger partial charge in [0.05, 0.1) is 24.7 Å². The predicted octanol–water partition coefficient (Wildman–Crippen LogP) is 5.20. The molecule has 0 saturated heterocycles. The van der Waals surface area contributed by atoms with E-state index in [4.69, 9.17) is 24.4 Å². The van der Waals surface area contributed by atoms with E-state index in [-0.39, 0.29) is 18.0 Å². The lowest BCUT2D eigenvalue weighted by Gasteiger charge is -2.20. The van der Waals surface area contributed by atoms with Crippen molar-refractivity contribution in [1.82, 2.24) is 5.01 Å². The van der Waals surface area contributed by atoms with E-state index in [0.717, 1.165) is 16.2 Å². The first-order valence-corrected chi connectivity index (χ1v) is 13.3. The summed E-state index contributed by atoms with van der Waals surface area (Å²) in [5.74, 6) is 1.44. The van der Waals surface area contributed by atoms with Gasteiger partial charge in [-0.2, -0.15) is 15.1 Å². The number of nitrogens with zero attached hydrogens (tertiary/aromatic N) is 3. The van der Waals surface area contributed by atoms with Crippen molar-refractivity contribution in [3.63, 3.8) is 0 Å². The van der Waals surface area contributed by atoms with E-state index in [2.05, 4.69) is 10.1 Å². The second-order valence-corrected chi connectivity index (χ2v) is 10.1. The van der Waals surface area contributed by atoms with Crippen LogP contribution in [0, 0.1) is 12.3 Å². The summed E-state index contributed by atoms with van der Waals surface area (Å²) < 4.78 is 22.8. The molecule has 2 aromatic carbocycles. The van der Waals surface area contributed by atoms with Crippen LogP contribution in [0.4, 0.5) is 0 Å². The number of methoxy groups -OCH3 is 2. The van der Waals surface area contributed by atoms with E-state index < -0.39 is 5.91 Å². The summed E-state index contributed by atoms with van der Waals surface area (Å²) in [6, 6.07) is 15.1. The molecular weight excluding hydrogens is 524 g/mol. The Morgan fingerprint density at radius 3 is 2.39 bits per heavy atom. The van der Waals surface area contributed by atoms with Crippen LogP contribution in [0.3, 0.4) is 0 Å². The average Bonchev–Trinajstić information content (AvgIpc) is 3.60. The Balaban J connectivity index is 1.34. The lowest BCUT2D eigenvalue weighted by Crippen LogP contribution is -2.35. The van der Waals surface area contributed by atoms with Gasteiger partial charge in [0, 0.05) is 0 Å². The molecule has 1 N–H and O–H groups in total. The summed E-state index contributed by atoms with van der Waals surface area (Å²) >= 11 is 2.81. The number of ether oxygens (including phenoxy) is 4. The number of hydrazone groups is 1. The van der Waals surface area contributed by atoms with E-state index in [1.165, 1.54) is 42.3 Å². The Hall–Kier alpha value is -4.09. The molecule has 0 atom stereocenters. The maximum atomic E-state index is 12.8. The highest BCUT2D eigenvalue weighted by atomic mass is 32.2. The van der Waals surface area contributed by atoms with Gasteiger partial charge >= 0.3 is 0 Å². The molecule has 1 aromatic heterocycles. The highest BCUT2D eigenvalue weighted by Gasteiger charge is 2.36. The van der Waals surface area contributed by atoms with Crippen LogP contribution >= 0.6 is 23.1 Å². The third kappa shape index (κ3) is 5.29. The number of benzene rings is 2. The van der Waals surface area contributed by atoms with Crippen LogP contribution in [0.25, 0.3) is 6.08 Å². The zero-order valence-electron chi connectivity index (χ0n) is 20.9. The number of hydrogen-bond acceptors (Lipinski definition) is 9. The van der Waals surface area contributed by atoms with Crippen LogP contribution in [0.1, 0.15) is 16.0 Å². The molecule has 3 heterocycles. The molecule has 5 rings (SSSR count). The standard InChI is InChI=1S/C27H24N4O5S2/c1-16-6-8-18(9-7-16)35-10-11-36-23-20(33-2)14-17(15-21(23)34-3)13-19-24(28)31-27(29-25(19)32)38-26(30-31)22-5-4-12-37-22/h4-9,12-15,28H,10-11H2,1-3H3/b19-13+,28-24?. The molecule has 0 spiro atoms. The third-order valence-electron chi connectivity index (χ3n) is 5.60. The topological polar surface area (TPSA) is 106 Å². The fraction of sp³-hybridized carbons (Fsp3) is 0.185. The zero-order valence-corrected chi connectivity index (χ0v) is 22.5. The first kappa shape index (κ1) is 25.6. The monoisotopic (exact) mass is 548 g/mol. The SMILES string of the molecule is COc1cc(/C=C2\C(=N)N3N=C(c4cccs4)SC3=NC2=O)cc(OC)c1OCCOc1ccc(C)cc1. The van der Waals surface area contributed by atoms with Crippen molar-refractivity contribution in [3.05, 3.63) is 75.5 Å². The Kier molecular flexibility index (Phi) is 7.47. The lowest BCUT2D eigenvalue weighted by molar-refractivity contribution is -0.114. The smallest absolute Gasteiger partial charge is 0.283 e. The highest BCUT2D eigenvalue weighted by Crippen LogP contribution is 2.40. The number of fused-ring (bicyclic) bond motifs is 1. The maximum Gasteiger partial charge on any atom is 0.283 e. The number of aryl methyl sites for hydroxylation is 1. The molecule has 3 aromatic rings. The summed E-state index contributed by atoms with van der Waals surface area (Å²) in [5, 5.41) is 17.5. The number of hydrogen-bond donors (Lipinski definition) is 1. The van der Waals surface area contributed by atoms with Crippen LogP contribution in [-0.2, 0) is 4.79 Å². The number of carbonyl (C=O) groups is 1. The number of thiophene rings is 1. The Bertz CT molecular complexity index is 1440. The molecule has 0 bridgehead atoms. The van der Waals surface area contributed by atoms with E-state index in [9.17, 15) is 4.79 Å². The van der Waals surface area contributed by atoms with Gasteiger partial charge in [-0.15, -0.1) is 11.3 Å². The van der Waals surface area contributed by atoms with E-state index in [1.807, 2.05) is 48.7 Å². The van der Waals surface area contributed by atoms with Gasteiger partial charge in [0.15, 0.2) is 17.3 Å². The number of nitrogens with one attached hydrogen (secondary N) is 1. The molecule has 194 valence electrons. The summed E-state index contributed by atoms with van der Waals surface area (Å²) in [5.41, 5.74) is 1.85. The zero-order chi connectivity index (χ0) is 26.6. The summed E-state index contributed by atoms with van der Waals surface area (Å²) in [6.45, 7) is 2.61. The van der Waals surface area contributed by atoms with Gasteiger partial charge in [-0.25, -0.2) is 0 Å². The van der Waals surface area contributed by atoms with Crippen molar-refractivity contribution in [2.24, 2.45) is 10.1 Å². The number of rotatable bonds is 9. The Morgan fingerprint density at radius 1 is 1.03 bits per heavy atom. The summed E-state index contributed by atoms with van der Waals surface area (Å²) in [4.78, 5) is 18.0. The minimum atomic E-state index is -0.511. The first-order valence-electron chi connectivity index (χ1n) is 11.6. The largest absolute Gasteiger partial charge is 0.493 e. The van der Waals surface area contributed by atoms with Gasteiger partial charge in [-0.3, -0.25) is 10.2 Å². The second-order valence-electron chi connectivity index (χ2n) is 8.17. The Labute approximate surface area is 227 Å². The minimum absolute atomic E-state index is 0.0504. The highest BCUT2D eigenvalue weighted by molar-refractivity contribution is 8.27. The molecule has 2 aliphatic heterocycles. The Morgan fingerprint density at radius 2 is 1.74 bits per heavy atom. The van der Waals surface area contributed by atoms with Crippen molar-refractivity contribution < 1.29 is 23.7 Å². The number of amidine groups is 2. The molecule has 1 amide bonds. The van der Waals surface area contributed by atoms with Crippen molar-refractivity contribution in [3.8, 4) is 23.0 Å². The molecule has 0 radical (unpaired) electrons. The fourth-order valence-electron chi connectivity index (χ4n) is 3.72.